The Morgan fingerprint density at radius 3 is 2.34 bits per heavy atom. The summed E-state index contributed by atoms with van der Waals surface area (Å²) in [6, 6.07) is 17.2. The number of nitrogens with zero attached hydrogens (tertiary/aromatic N) is 2. The van der Waals surface area contributed by atoms with Gasteiger partial charge in [0.25, 0.3) is 11.8 Å². The van der Waals surface area contributed by atoms with E-state index in [0.29, 0.717) is 49.9 Å². The number of fused-ring (bicyclic) bond motifs is 1. The fraction of sp³-hybridized carbons (Fsp3) is 0.300. The summed E-state index contributed by atoms with van der Waals surface area (Å²) in [7, 11) is 0. The van der Waals surface area contributed by atoms with Crippen LogP contribution in [-0.4, -0.2) is 47.4 Å². The highest BCUT2D eigenvalue weighted by Crippen LogP contribution is 2.23. The van der Waals surface area contributed by atoms with Crippen molar-refractivity contribution >= 4 is 22.7 Å². The number of carbonyl (C=O) groups is 2. The predicted molar refractivity (Wildman–Crippen MR) is 145 cm³/mol. The van der Waals surface area contributed by atoms with Crippen LogP contribution >= 0.6 is 0 Å². The Morgan fingerprint density at radius 2 is 1.63 bits per heavy atom. The zero-order valence-corrected chi connectivity index (χ0v) is 21.4. The molecule has 196 valence electrons. The molecule has 7 nitrogen and oxygen atoms in total. The predicted octanol–water partition coefficient (Wildman–Crippen LogP) is 4.88. The minimum absolute atomic E-state index is 0.107. The first-order valence-corrected chi connectivity index (χ1v) is 13.0. The van der Waals surface area contributed by atoms with Gasteiger partial charge in [-0.05, 0) is 79.3 Å². The Labute approximate surface area is 221 Å². The fourth-order valence-corrected chi connectivity index (χ4v) is 4.36. The average Bonchev–Trinajstić information content (AvgIpc) is 3.66. The van der Waals surface area contributed by atoms with Crippen LogP contribution in [0.5, 0.6) is 0 Å². The highest BCUT2D eigenvalue weighted by Gasteiger charge is 2.21. The lowest BCUT2D eigenvalue weighted by molar-refractivity contribution is 0.0897. The molecule has 0 bridgehead atoms. The lowest BCUT2D eigenvalue weighted by Gasteiger charge is -2.08. The smallest absolute Gasteiger partial charge is 0.251 e. The van der Waals surface area contributed by atoms with E-state index in [1.807, 2.05) is 42.1 Å². The van der Waals surface area contributed by atoms with Gasteiger partial charge in [-0.3, -0.25) is 14.3 Å². The number of halogens is 1. The maximum absolute atomic E-state index is 13.1. The monoisotopic (exact) mass is 514 g/mol. The third-order valence-electron chi connectivity index (χ3n) is 6.69. The summed E-state index contributed by atoms with van der Waals surface area (Å²) in [6.07, 6.45) is 5.28. The molecule has 38 heavy (non-hydrogen) atoms. The summed E-state index contributed by atoms with van der Waals surface area (Å²) in [6.45, 7) is 4.11. The van der Waals surface area contributed by atoms with E-state index in [-0.39, 0.29) is 17.6 Å². The van der Waals surface area contributed by atoms with E-state index in [2.05, 4.69) is 15.7 Å². The van der Waals surface area contributed by atoms with Crippen LogP contribution in [0.4, 0.5) is 4.39 Å². The number of ether oxygens (including phenoxy) is 1. The Morgan fingerprint density at radius 1 is 0.947 bits per heavy atom. The normalized spacial score (nSPS) is 13.0. The van der Waals surface area contributed by atoms with Crippen LogP contribution < -0.4 is 10.6 Å². The average molecular weight is 515 g/mol. The summed E-state index contributed by atoms with van der Waals surface area (Å²) in [4.78, 5) is 25.2. The summed E-state index contributed by atoms with van der Waals surface area (Å²) < 4.78 is 20.6. The van der Waals surface area contributed by atoms with Crippen molar-refractivity contribution in [2.24, 2.45) is 0 Å². The van der Waals surface area contributed by atoms with Crippen LogP contribution in [-0.2, 0) is 11.3 Å². The standard InChI is InChI=1S/C30H31FN4O3/c1-20-26(30(37)33-16-18-38-25-11-12-25)13-14-28-27(20)19-35(34-28)17-2-15-32-29(36)23-5-3-21(4-6-23)22-7-9-24(31)10-8-22/h3-10,13-14,19,25H,2,11-12,15-18H2,1H3,(H,32,36)(H,33,37). The van der Waals surface area contributed by atoms with Gasteiger partial charge in [-0.15, -0.1) is 0 Å². The maximum atomic E-state index is 13.1. The van der Waals surface area contributed by atoms with Gasteiger partial charge in [0.2, 0.25) is 0 Å². The Hall–Kier alpha value is -4.04. The van der Waals surface area contributed by atoms with E-state index in [9.17, 15) is 14.0 Å². The molecule has 8 heteroatoms. The molecule has 1 fully saturated rings. The number of rotatable bonds is 11. The Kier molecular flexibility index (Phi) is 7.79. The molecule has 2 N–H and O–H groups in total. The van der Waals surface area contributed by atoms with Crippen molar-refractivity contribution in [1.29, 1.82) is 0 Å². The van der Waals surface area contributed by atoms with Crippen molar-refractivity contribution in [3.8, 4) is 11.1 Å². The fourth-order valence-electron chi connectivity index (χ4n) is 4.36. The van der Waals surface area contributed by atoms with E-state index in [0.717, 1.165) is 40.4 Å². The second-order valence-electron chi connectivity index (χ2n) is 9.58. The molecule has 1 aromatic heterocycles. The molecule has 1 aliphatic rings. The van der Waals surface area contributed by atoms with Gasteiger partial charge in [-0.1, -0.05) is 24.3 Å². The van der Waals surface area contributed by atoms with Crippen molar-refractivity contribution in [3.63, 3.8) is 0 Å². The maximum Gasteiger partial charge on any atom is 0.251 e. The Bertz CT molecular complexity index is 1430. The summed E-state index contributed by atoms with van der Waals surface area (Å²) in [5, 5.41) is 11.4. The lowest BCUT2D eigenvalue weighted by atomic mass is 10.0. The van der Waals surface area contributed by atoms with Crippen molar-refractivity contribution in [1.82, 2.24) is 20.4 Å². The lowest BCUT2D eigenvalue weighted by Crippen LogP contribution is -2.28. The zero-order valence-electron chi connectivity index (χ0n) is 21.4. The van der Waals surface area contributed by atoms with Gasteiger partial charge >= 0.3 is 0 Å². The number of aryl methyl sites for hydroxylation is 2. The first-order chi connectivity index (χ1) is 18.5. The van der Waals surface area contributed by atoms with Crippen LogP contribution in [0.25, 0.3) is 22.0 Å². The van der Waals surface area contributed by atoms with Gasteiger partial charge in [0, 0.05) is 42.3 Å². The third-order valence-corrected chi connectivity index (χ3v) is 6.69. The van der Waals surface area contributed by atoms with Gasteiger partial charge < -0.3 is 15.4 Å². The molecule has 5 rings (SSSR count). The number of carbonyl (C=O) groups excluding carboxylic acids is 2. The molecule has 4 aromatic rings. The highest BCUT2D eigenvalue weighted by molar-refractivity contribution is 6.00. The number of hydrogen-bond acceptors (Lipinski definition) is 4. The molecule has 1 saturated carbocycles. The van der Waals surface area contributed by atoms with Gasteiger partial charge in [0.1, 0.15) is 5.82 Å². The second kappa shape index (κ2) is 11.6. The minimum Gasteiger partial charge on any atom is -0.376 e. The third kappa shape index (κ3) is 6.26. The van der Waals surface area contributed by atoms with Crippen molar-refractivity contribution < 1.29 is 18.7 Å². The number of aromatic nitrogens is 2. The van der Waals surface area contributed by atoms with Crippen molar-refractivity contribution in [2.75, 3.05) is 19.7 Å². The van der Waals surface area contributed by atoms with Gasteiger partial charge in [-0.25, -0.2) is 4.39 Å². The molecular weight excluding hydrogens is 483 g/mol. The molecule has 0 radical (unpaired) electrons. The van der Waals surface area contributed by atoms with Crippen LogP contribution in [0.15, 0.2) is 66.9 Å². The van der Waals surface area contributed by atoms with Gasteiger partial charge in [0.05, 0.1) is 18.2 Å². The number of amides is 2. The van der Waals surface area contributed by atoms with E-state index in [1.165, 1.54) is 12.1 Å². The molecule has 1 aliphatic carbocycles. The van der Waals surface area contributed by atoms with Gasteiger partial charge in [-0.2, -0.15) is 5.10 Å². The summed E-state index contributed by atoms with van der Waals surface area (Å²) >= 11 is 0. The molecule has 0 aliphatic heterocycles. The summed E-state index contributed by atoms with van der Waals surface area (Å²) in [5.41, 5.74) is 4.76. The molecule has 0 spiro atoms. The zero-order chi connectivity index (χ0) is 26.5. The van der Waals surface area contributed by atoms with E-state index in [1.54, 1.807) is 24.3 Å². The van der Waals surface area contributed by atoms with E-state index < -0.39 is 0 Å². The van der Waals surface area contributed by atoms with Crippen molar-refractivity contribution in [3.05, 3.63) is 89.4 Å². The molecule has 3 aromatic carbocycles. The number of hydrogen-bond donors (Lipinski definition) is 2. The molecule has 2 amide bonds. The first kappa shape index (κ1) is 25.6. The van der Waals surface area contributed by atoms with Crippen molar-refractivity contribution in [2.45, 2.75) is 38.8 Å². The molecule has 0 saturated heterocycles. The van der Waals surface area contributed by atoms with Crippen LogP contribution in [0.2, 0.25) is 0 Å². The second-order valence-corrected chi connectivity index (χ2v) is 9.58. The number of nitrogens with one attached hydrogen (secondary N) is 2. The van der Waals surface area contributed by atoms with Crippen LogP contribution in [0.3, 0.4) is 0 Å². The largest absolute Gasteiger partial charge is 0.376 e. The molecule has 0 unspecified atom stereocenters. The Balaban J connectivity index is 1.10. The number of benzene rings is 3. The SMILES string of the molecule is Cc1c(C(=O)NCCOC2CC2)ccc2nn(CCCNC(=O)c3ccc(-c4ccc(F)cc4)cc3)cc12. The molecule has 0 atom stereocenters. The summed E-state index contributed by atoms with van der Waals surface area (Å²) in [5.74, 6) is -0.527. The highest BCUT2D eigenvalue weighted by atomic mass is 19.1. The minimum atomic E-state index is -0.277. The quantitative estimate of drug-likeness (QED) is 0.280. The first-order valence-electron chi connectivity index (χ1n) is 13.0. The molecule has 1 heterocycles. The van der Waals surface area contributed by atoms with Gasteiger partial charge in [0.15, 0.2) is 0 Å². The van der Waals surface area contributed by atoms with Crippen LogP contribution in [0, 0.1) is 12.7 Å². The van der Waals surface area contributed by atoms with Crippen LogP contribution in [0.1, 0.15) is 45.5 Å². The van der Waals surface area contributed by atoms with E-state index >= 15 is 0 Å². The topological polar surface area (TPSA) is 85.2 Å². The molecular formula is C30H31FN4O3. The van der Waals surface area contributed by atoms with E-state index in [4.69, 9.17) is 4.74 Å².